The highest BCUT2D eigenvalue weighted by molar-refractivity contribution is 7.80. The van der Waals surface area contributed by atoms with Crippen LogP contribution in [0.25, 0.3) is 0 Å². The predicted octanol–water partition coefficient (Wildman–Crippen LogP) is 1.90. The lowest BCUT2D eigenvalue weighted by molar-refractivity contribution is 0.195. The van der Waals surface area contributed by atoms with Crippen molar-refractivity contribution in [1.29, 1.82) is 0 Å². The molecule has 0 aliphatic carbocycles. The molecule has 1 rings (SSSR count). The standard InChI is InChI=1S/C9H12OS/c1-7(10)6-8-4-2-3-5-9(8)11/h2-5,7,10-11H,6H2,1H3. The number of hydrogen-bond acceptors (Lipinski definition) is 2. The molecule has 1 N–H and O–H groups in total. The van der Waals surface area contributed by atoms with E-state index in [4.69, 9.17) is 5.11 Å². The van der Waals surface area contributed by atoms with Gasteiger partial charge in [-0.2, -0.15) is 0 Å². The second-order valence-corrected chi connectivity index (χ2v) is 3.16. The van der Waals surface area contributed by atoms with Crippen molar-refractivity contribution in [1.82, 2.24) is 0 Å². The Kier molecular flexibility index (Phi) is 2.97. The monoisotopic (exact) mass is 168 g/mol. The van der Waals surface area contributed by atoms with Crippen molar-refractivity contribution in [3.05, 3.63) is 29.8 Å². The third kappa shape index (κ3) is 2.56. The Labute approximate surface area is 72.5 Å². The number of hydrogen-bond donors (Lipinski definition) is 2. The van der Waals surface area contributed by atoms with Gasteiger partial charge in [-0.05, 0) is 25.0 Å². The summed E-state index contributed by atoms with van der Waals surface area (Å²) < 4.78 is 0. The predicted molar refractivity (Wildman–Crippen MR) is 49.1 cm³/mol. The summed E-state index contributed by atoms with van der Waals surface area (Å²) in [4.78, 5) is 0.952. The number of aliphatic hydroxyl groups is 1. The highest BCUT2D eigenvalue weighted by Crippen LogP contribution is 2.14. The maximum Gasteiger partial charge on any atom is 0.0552 e. The minimum Gasteiger partial charge on any atom is -0.393 e. The van der Waals surface area contributed by atoms with Crippen LogP contribution in [-0.4, -0.2) is 11.2 Å². The molecule has 0 bridgehead atoms. The first kappa shape index (κ1) is 8.62. The number of thiol groups is 1. The molecule has 1 nitrogen and oxygen atoms in total. The van der Waals surface area contributed by atoms with E-state index in [9.17, 15) is 0 Å². The molecule has 11 heavy (non-hydrogen) atoms. The molecule has 0 aliphatic heterocycles. The van der Waals surface area contributed by atoms with E-state index in [1.807, 2.05) is 24.3 Å². The minimum absolute atomic E-state index is 0.289. The van der Waals surface area contributed by atoms with Gasteiger partial charge >= 0.3 is 0 Å². The van der Waals surface area contributed by atoms with Crippen LogP contribution in [0.3, 0.4) is 0 Å². The minimum atomic E-state index is -0.289. The van der Waals surface area contributed by atoms with Crippen molar-refractivity contribution in [3.8, 4) is 0 Å². The topological polar surface area (TPSA) is 20.2 Å². The lowest BCUT2D eigenvalue weighted by Gasteiger charge is -2.05. The van der Waals surface area contributed by atoms with Crippen LogP contribution in [0.4, 0.5) is 0 Å². The normalized spacial score (nSPS) is 13.0. The molecule has 0 aliphatic rings. The number of benzene rings is 1. The first-order valence-corrected chi connectivity index (χ1v) is 4.10. The van der Waals surface area contributed by atoms with Crippen LogP contribution in [0.2, 0.25) is 0 Å². The molecule has 1 aromatic carbocycles. The summed E-state index contributed by atoms with van der Waals surface area (Å²) in [5.41, 5.74) is 1.10. The Morgan fingerprint density at radius 3 is 2.64 bits per heavy atom. The maximum absolute atomic E-state index is 9.10. The van der Waals surface area contributed by atoms with Crippen LogP contribution in [0.1, 0.15) is 12.5 Å². The first-order valence-electron chi connectivity index (χ1n) is 3.65. The van der Waals surface area contributed by atoms with Gasteiger partial charge < -0.3 is 5.11 Å². The van der Waals surface area contributed by atoms with Gasteiger partial charge in [-0.1, -0.05) is 18.2 Å². The van der Waals surface area contributed by atoms with Gasteiger partial charge in [-0.25, -0.2) is 0 Å². The third-order valence-electron chi connectivity index (χ3n) is 1.51. The fourth-order valence-electron chi connectivity index (χ4n) is 1.00. The van der Waals surface area contributed by atoms with E-state index < -0.39 is 0 Å². The van der Waals surface area contributed by atoms with Crippen molar-refractivity contribution in [3.63, 3.8) is 0 Å². The van der Waals surface area contributed by atoms with E-state index in [0.717, 1.165) is 10.5 Å². The molecule has 2 heteroatoms. The van der Waals surface area contributed by atoms with Crippen molar-refractivity contribution < 1.29 is 5.11 Å². The SMILES string of the molecule is CC(O)Cc1ccccc1S. The zero-order valence-corrected chi connectivity index (χ0v) is 7.38. The van der Waals surface area contributed by atoms with E-state index in [1.54, 1.807) is 6.92 Å². The molecule has 1 atom stereocenters. The fraction of sp³-hybridized carbons (Fsp3) is 0.333. The average molecular weight is 168 g/mol. The van der Waals surface area contributed by atoms with Crippen LogP contribution < -0.4 is 0 Å². The highest BCUT2D eigenvalue weighted by atomic mass is 32.1. The van der Waals surface area contributed by atoms with E-state index in [2.05, 4.69) is 12.6 Å². The maximum atomic E-state index is 9.10. The Hall–Kier alpha value is -0.470. The van der Waals surface area contributed by atoms with Crippen LogP contribution in [0, 0.1) is 0 Å². The van der Waals surface area contributed by atoms with Crippen molar-refractivity contribution in [2.45, 2.75) is 24.3 Å². The van der Waals surface area contributed by atoms with E-state index in [1.165, 1.54) is 0 Å². The van der Waals surface area contributed by atoms with E-state index >= 15 is 0 Å². The molecular formula is C9H12OS. The third-order valence-corrected chi connectivity index (χ3v) is 1.94. The largest absolute Gasteiger partial charge is 0.393 e. The van der Waals surface area contributed by atoms with Crippen molar-refractivity contribution in [2.75, 3.05) is 0 Å². The molecule has 0 aromatic heterocycles. The molecule has 0 heterocycles. The second kappa shape index (κ2) is 3.79. The van der Waals surface area contributed by atoms with Crippen molar-refractivity contribution >= 4 is 12.6 Å². The van der Waals surface area contributed by atoms with Gasteiger partial charge in [0.05, 0.1) is 6.10 Å². The summed E-state index contributed by atoms with van der Waals surface area (Å²) in [6, 6.07) is 7.81. The van der Waals surface area contributed by atoms with E-state index in [0.29, 0.717) is 6.42 Å². The summed E-state index contributed by atoms with van der Waals surface area (Å²) in [6.07, 6.45) is 0.392. The zero-order chi connectivity index (χ0) is 8.27. The average Bonchev–Trinajstić information content (AvgIpc) is 1.93. The summed E-state index contributed by atoms with van der Waals surface area (Å²) in [6.45, 7) is 1.78. The number of aliphatic hydroxyl groups excluding tert-OH is 1. The molecule has 0 saturated heterocycles. The van der Waals surface area contributed by atoms with Gasteiger partial charge in [0.25, 0.3) is 0 Å². The summed E-state index contributed by atoms with van der Waals surface area (Å²) >= 11 is 4.26. The lowest BCUT2D eigenvalue weighted by atomic mass is 10.1. The van der Waals surface area contributed by atoms with Gasteiger partial charge in [-0.3, -0.25) is 0 Å². The Morgan fingerprint density at radius 2 is 2.09 bits per heavy atom. The van der Waals surface area contributed by atoms with E-state index in [-0.39, 0.29) is 6.10 Å². The molecule has 0 amide bonds. The molecule has 0 radical (unpaired) electrons. The Bertz CT molecular complexity index is 233. The van der Waals surface area contributed by atoms with Gasteiger partial charge in [0.2, 0.25) is 0 Å². The number of rotatable bonds is 2. The summed E-state index contributed by atoms with van der Waals surface area (Å²) in [5, 5.41) is 9.10. The van der Waals surface area contributed by atoms with Crippen molar-refractivity contribution in [2.24, 2.45) is 0 Å². The zero-order valence-electron chi connectivity index (χ0n) is 6.49. The van der Waals surface area contributed by atoms with Crippen LogP contribution in [-0.2, 0) is 6.42 Å². The second-order valence-electron chi connectivity index (χ2n) is 2.68. The first-order chi connectivity index (χ1) is 5.20. The fourth-order valence-corrected chi connectivity index (χ4v) is 1.25. The van der Waals surface area contributed by atoms with Gasteiger partial charge in [-0.15, -0.1) is 12.6 Å². The molecule has 0 saturated carbocycles. The van der Waals surface area contributed by atoms with Gasteiger partial charge in [0.15, 0.2) is 0 Å². The molecule has 60 valence electrons. The Morgan fingerprint density at radius 1 is 1.45 bits per heavy atom. The highest BCUT2D eigenvalue weighted by Gasteiger charge is 2.00. The molecule has 0 fully saturated rings. The van der Waals surface area contributed by atoms with Gasteiger partial charge in [0.1, 0.15) is 0 Å². The van der Waals surface area contributed by atoms with Crippen LogP contribution in [0.15, 0.2) is 29.2 Å². The molecule has 1 aromatic rings. The summed E-state index contributed by atoms with van der Waals surface area (Å²) in [7, 11) is 0. The Balaban J connectivity index is 2.78. The van der Waals surface area contributed by atoms with Crippen LogP contribution in [0.5, 0.6) is 0 Å². The smallest absolute Gasteiger partial charge is 0.0552 e. The molecule has 1 unspecified atom stereocenters. The van der Waals surface area contributed by atoms with Gasteiger partial charge in [0, 0.05) is 4.90 Å². The summed E-state index contributed by atoms with van der Waals surface area (Å²) in [5.74, 6) is 0. The molecule has 0 spiro atoms. The molecular weight excluding hydrogens is 156 g/mol. The quantitative estimate of drug-likeness (QED) is 0.646. The lowest BCUT2D eigenvalue weighted by Crippen LogP contribution is -2.04. The van der Waals surface area contributed by atoms with Crippen LogP contribution >= 0.6 is 12.6 Å².